The first-order valence-electron chi connectivity index (χ1n) is 11.7. The Kier molecular flexibility index (Phi) is 5.03. The number of nitrogens with two attached hydrogens (primary N) is 1. The number of amides is 4. The summed E-state index contributed by atoms with van der Waals surface area (Å²) in [7, 11) is 0. The Balaban J connectivity index is 1.47. The van der Waals surface area contributed by atoms with Crippen molar-refractivity contribution >= 4 is 46.6 Å². The molecule has 0 bridgehead atoms. The number of imide groups is 1. The number of fused-ring (bicyclic) bond motifs is 5. The van der Waals surface area contributed by atoms with Crippen LogP contribution >= 0.6 is 11.6 Å². The molecule has 4 aliphatic rings. The lowest BCUT2D eigenvalue weighted by Crippen LogP contribution is -2.53. The van der Waals surface area contributed by atoms with Crippen LogP contribution < -0.4 is 30.7 Å². The molecule has 4 atom stereocenters. The molecule has 2 aromatic rings. The zero-order chi connectivity index (χ0) is 25.4. The molecule has 2 fully saturated rings. The molecular weight excluding hydrogens is 488 g/mol. The molecule has 11 heteroatoms. The van der Waals surface area contributed by atoms with Gasteiger partial charge in [0.25, 0.3) is 0 Å². The van der Waals surface area contributed by atoms with Gasteiger partial charge in [-0.05, 0) is 37.1 Å². The van der Waals surface area contributed by atoms with Gasteiger partial charge in [0.05, 0.1) is 23.2 Å². The maximum atomic E-state index is 14.0. The van der Waals surface area contributed by atoms with Crippen LogP contribution in [-0.2, 0) is 24.7 Å². The van der Waals surface area contributed by atoms with Gasteiger partial charge in [-0.3, -0.25) is 24.5 Å². The van der Waals surface area contributed by atoms with E-state index in [0.717, 1.165) is 4.90 Å². The number of carbonyl (C=O) groups excluding carboxylic acids is 4. The monoisotopic (exact) mass is 510 g/mol. The first kappa shape index (κ1) is 22.8. The van der Waals surface area contributed by atoms with Crippen molar-refractivity contribution in [1.29, 1.82) is 0 Å². The van der Waals surface area contributed by atoms with Crippen LogP contribution in [0.15, 0.2) is 30.3 Å². The van der Waals surface area contributed by atoms with Gasteiger partial charge in [-0.25, -0.2) is 4.90 Å². The summed E-state index contributed by atoms with van der Waals surface area (Å²) in [6.45, 7) is 2.54. The van der Waals surface area contributed by atoms with Crippen LogP contribution in [0.25, 0.3) is 0 Å². The third-order valence-corrected chi connectivity index (χ3v) is 7.98. The average molecular weight is 511 g/mol. The molecule has 4 aliphatic heterocycles. The Morgan fingerprint density at radius 2 is 1.89 bits per heavy atom. The summed E-state index contributed by atoms with van der Waals surface area (Å²) in [6.07, 6.45) is 0.192. The van der Waals surface area contributed by atoms with Crippen LogP contribution in [0.1, 0.15) is 24.0 Å². The van der Waals surface area contributed by atoms with E-state index in [-0.39, 0.29) is 12.8 Å². The van der Waals surface area contributed by atoms with E-state index < -0.39 is 47.0 Å². The molecule has 2 aromatic carbocycles. The van der Waals surface area contributed by atoms with E-state index in [9.17, 15) is 19.2 Å². The lowest BCUT2D eigenvalue weighted by Gasteiger charge is -2.30. The first-order valence-corrected chi connectivity index (χ1v) is 12.1. The van der Waals surface area contributed by atoms with Crippen LogP contribution in [-0.4, -0.2) is 42.9 Å². The fourth-order valence-electron chi connectivity index (χ4n) is 5.96. The third kappa shape index (κ3) is 3.00. The summed E-state index contributed by atoms with van der Waals surface area (Å²) in [4.78, 5) is 54.1. The minimum Gasteiger partial charge on any atom is -0.486 e. The minimum atomic E-state index is -1.49. The number of carbonyl (C=O) groups is 4. The standard InChI is InChI=1S/C25H23ClN4O6/c1-11-14(26)4-3-13-21(11)28-24(34)25(13)20-19(15(29-25)5-7-18(27)31)22(32)30(23(20)33)12-2-6-16-17(10-12)36-9-8-35-16/h2-4,6,10,15,19-20,29H,5,7-9H2,1H3,(H2,27,31)(H,28,34)/t15-,19+,20-,25+/m0/s1. The average Bonchev–Trinajstić information content (AvgIpc) is 3.44. The zero-order valence-corrected chi connectivity index (χ0v) is 20.1. The van der Waals surface area contributed by atoms with Gasteiger partial charge in [0.15, 0.2) is 11.5 Å². The molecule has 0 aromatic heterocycles. The van der Waals surface area contributed by atoms with Crippen molar-refractivity contribution in [3.8, 4) is 11.5 Å². The fraction of sp³-hybridized carbons (Fsp3) is 0.360. The number of primary amides is 1. The topological polar surface area (TPSA) is 140 Å². The number of ether oxygens (including phenoxy) is 2. The van der Waals surface area contributed by atoms with E-state index in [1.54, 1.807) is 37.3 Å². The highest BCUT2D eigenvalue weighted by Crippen LogP contribution is 2.55. The van der Waals surface area contributed by atoms with Crippen LogP contribution in [0.3, 0.4) is 0 Å². The van der Waals surface area contributed by atoms with Crippen molar-refractivity contribution < 1.29 is 28.7 Å². The summed E-state index contributed by atoms with van der Waals surface area (Å²) < 4.78 is 11.2. The van der Waals surface area contributed by atoms with Gasteiger partial charge in [0.2, 0.25) is 23.6 Å². The van der Waals surface area contributed by atoms with E-state index in [1.165, 1.54) is 0 Å². The number of hydrogen-bond acceptors (Lipinski definition) is 7. The molecule has 36 heavy (non-hydrogen) atoms. The van der Waals surface area contributed by atoms with E-state index in [4.69, 9.17) is 26.8 Å². The van der Waals surface area contributed by atoms with E-state index in [2.05, 4.69) is 10.6 Å². The number of halogens is 1. The van der Waals surface area contributed by atoms with Gasteiger partial charge in [-0.15, -0.1) is 0 Å². The van der Waals surface area contributed by atoms with E-state index in [1.807, 2.05) is 0 Å². The normalized spacial score (nSPS) is 27.9. The quantitative estimate of drug-likeness (QED) is 0.531. The molecule has 2 saturated heterocycles. The highest BCUT2D eigenvalue weighted by atomic mass is 35.5. The molecule has 4 heterocycles. The summed E-state index contributed by atoms with van der Waals surface area (Å²) in [5.74, 6) is -2.88. The Morgan fingerprint density at radius 3 is 2.64 bits per heavy atom. The molecule has 4 amide bonds. The second-order valence-electron chi connectivity index (χ2n) is 9.46. The maximum Gasteiger partial charge on any atom is 0.250 e. The molecule has 0 radical (unpaired) electrons. The molecule has 0 saturated carbocycles. The smallest absolute Gasteiger partial charge is 0.250 e. The Morgan fingerprint density at radius 1 is 1.14 bits per heavy atom. The minimum absolute atomic E-state index is 0.00339. The van der Waals surface area contributed by atoms with Crippen LogP contribution in [0.2, 0.25) is 5.02 Å². The van der Waals surface area contributed by atoms with Crippen molar-refractivity contribution in [3.63, 3.8) is 0 Å². The van der Waals surface area contributed by atoms with Gasteiger partial charge in [-0.1, -0.05) is 17.7 Å². The highest BCUT2D eigenvalue weighted by molar-refractivity contribution is 6.32. The number of anilines is 2. The predicted octanol–water partition coefficient (Wildman–Crippen LogP) is 1.61. The molecule has 10 nitrogen and oxygen atoms in total. The van der Waals surface area contributed by atoms with E-state index in [0.29, 0.717) is 52.2 Å². The second kappa shape index (κ2) is 7.94. The van der Waals surface area contributed by atoms with Crippen LogP contribution in [0.4, 0.5) is 11.4 Å². The molecular formula is C25H23ClN4O6. The Labute approximate surface area is 211 Å². The van der Waals surface area contributed by atoms with E-state index >= 15 is 0 Å². The number of rotatable bonds is 4. The molecule has 0 unspecified atom stereocenters. The van der Waals surface area contributed by atoms with Gasteiger partial charge in [0, 0.05) is 29.1 Å². The number of nitrogens with one attached hydrogen (secondary N) is 2. The maximum absolute atomic E-state index is 14.0. The highest BCUT2D eigenvalue weighted by Gasteiger charge is 2.70. The Hall–Kier alpha value is -3.63. The van der Waals surface area contributed by atoms with Crippen LogP contribution in [0, 0.1) is 18.8 Å². The van der Waals surface area contributed by atoms with Crippen LogP contribution in [0.5, 0.6) is 11.5 Å². The number of nitrogens with zero attached hydrogens (tertiary/aromatic N) is 1. The fourth-order valence-corrected chi connectivity index (χ4v) is 6.12. The molecule has 186 valence electrons. The predicted molar refractivity (Wildman–Crippen MR) is 129 cm³/mol. The molecule has 1 spiro atoms. The van der Waals surface area contributed by atoms with Gasteiger partial charge in [-0.2, -0.15) is 0 Å². The molecule has 0 aliphatic carbocycles. The van der Waals surface area contributed by atoms with Crippen molar-refractivity contribution in [2.24, 2.45) is 17.6 Å². The summed E-state index contributed by atoms with van der Waals surface area (Å²) in [6, 6.07) is 7.61. The van der Waals surface area contributed by atoms with Gasteiger partial charge < -0.3 is 20.5 Å². The van der Waals surface area contributed by atoms with Gasteiger partial charge in [0.1, 0.15) is 18.8 Å². The summed E-state index contributed by atoms with van der Waals surface area (Å²) >= 11 is 6.30. The largest absolute Gasteiger partial charge is 0.486 e. The SMILES string of the molecule is Cc1c(Cl)ccc2c1NC(=O)[C@@]21N[C@@H](CCC(N)=O)[C@H]2C(=O)N(c3ccc4c(c3)OCCO4)C(=O)[C@H]21. The van der Waals surface area contributed by atoms with Crippen molar-refractivity contribution in [3.05, 3.63) is 46.5 Å². The zero-order valence-electron chi connectivity index (χ0n) is 19.3. The van der Waals surface area contributed by atoms with Gasteiger partial charge >= 0.3 is 0 Å². The lowest BCUT2D eigenvalue weighted by molar-refractivity contribution is -0.130. The third-order valence-electron chi connectivity index (χ3n) is 7.57. The molecule has 4 N–H and O–H groups in total. The summed E-state index contributed by atoms with van der Waals surface area (Å²) in [5.41, 5.74) is 5.97. The number of hydrogen-bond donors (Lipinski definition) is 3. The molecule has 6 rings (SSSR count). The van der Waals surface area contributed by atoms with Crippen molar-refractivity contribution in [2.75, 3.05) is 23.4 Å². The first-order chi connectivity index (χ1) is 17.2. The Bertz CT molecular complexity index is 1360. The van der Waals surface area contributed by atoms with Crippen molar-refractivity contribution in [1.82, 2.24) is 5.32 Å². The lowest BCUT2D eigenvalue weighted by atomic mass is 9.76. The second-order valence-corrected chi connectivity index (χ2v) is 9.86. The number of benzene rings is 2. The van der Waals surface area contributed by atoms with Crippen molar-refractivity contribution in [2.45, 2.75) is 31.3 Å². The summed E-state index contributed by atoms with van der Waals surface area (Å²) in [5, 5.41) is 6.63.